The van der Waals surface area contributed by atoms with Crippen LogP contribution < -0.4 is 5.32 Å². The molecule has 2 rings (SSSR count). The minimum Gasteiger partial charge on any atom is -0.481 e. The third-order valence-corrected chi connectivity index (χ3v) is 5.23. The average molecular weight is 326 g/mol. The number of ether oxygens (including phenoxy) is 1. The second-order valence-electron chi connectivity index (χ2n) is 6.88. The number of alkyl carbamates (subject to hydrolysis) is 1. The topological polar surface area (TPSA) is 78.9 Å². The molecule has 1 saturated carbocycles. The summed E-state index contributed by atoms with van der Waals surface area (Å²) in [6, 6.07) is 0.359. The summed E-state index contributed by atoms with van der Waals surface area (Å²) >= 11 is 0. The molecule has 2 aliphatic rings. The highest BCUT2D eigenvalue weighted by molar-refractivity contribution is 5.73. The maximum absolute atomic E-state index is 12.0. The van der Waals surface area contributed by atoms with Crippen molar-refractivity contribution in [3.8, 4) is 0 Å². The van der Waals surface area contributed by atoms with E-state index in [1.807, 2.05) is 6.92 Å². The van der Waals surface area contributed by atoms with Crippen LogP contribution in [-0.4, -0.2) is 47.4 Å². The Kier molecular flexibility index (Phi) is 6.69. The van der Waals surface area contributed by atoms with Crippen LogP contribution in [0.3, 0.4) is 0 Å². The van der Waals surface area contributed by atoms with E-state index in [0.717, 1.165) is 32.2 Å². The molecular weight excluding hydrogens is 296 g/mol. The second kappa shape index (κ2) is 8.52. The smallest absolute Gasteiger partial charge is 0.408 e. The standard InChI is InChI=1S/C17H30N2O4/c1-3-4-11-23-17(22)18-15-13(16(20)21)8-6-10-19(15)14-9-5-7-12(14)2/h12-15H,3-11H2,1-2H3,(H,18,22)(H,20,21). The van der Waals surface area contributed by atoms with Crippen molar-refractivity contribution in [3.05, 3.63) is 0 Å². The molecule has 1 heterocycles. The third-order valence-electron chi connectivity index (χ3n) is 5.23. The zero-order valence-electron chi connectivity index (χ0n) is 14.3. The highest BCUT2D eigenvalue weighted by Gasteiger charge is 2.42. The predicted octanol–water partition coefficient (Wildman–Crippen LogP) is 2.82. The number of aliphatic carboxylic acids is 1. The number of hydrogen-bond acceptors (Lipinski definition) is 4. The number of amides is 1. The first-order valence-electron chi connectivity index (χ1n) is 8.96. The molecule has 1 amide bonds. The van der Waals surface area contributed by atoms with Gasteiger partial charge in [-0.1, -0.05) is 26.7 Å². The summed E-state index contributed by atoms with van der Waals surface area (Å²) in [4.78, 5) is 25.9. The highest BCUT2D eigenvalue weighted by atomic mass is 16.5. The van der Waals surface area contributed by atoms with Crippen molar-refractivity contribution < 1.29 is 19.4 Å². The first-order chi connectivity index (χ1) is 11.0. The molecule has 23 heavy (non-hydrogen) atoms. The Morgan fingerprint density at radius 2 is 2.04 bits per heavy atom. The summed E-state index contributed by atoms with van der Waals surface area (Å²) < 4.78 is 5.18. The van der Waals surface area contributed by atoms with E-state index in [0.29, 0.717) is 25.0 Å². The van der Waals surface area contributed by atoms with Gasteiger partial charge in [0.1, 0.15) is 0 Å². The van der Waals surface area contributed by atoms with Crippen molar-refractivity contribution >= 4 is 12.1 Å². The Morgan fingerprint density at radius 1 is 1.26 bits per heavy atom. The monoisotopic (exact) mass is 326 g/mol. The number of nitrogens with zero attached hydrogens (tertiary/aromatic N) is 1. The maximum atomic E-state index is 12.0. The lowest BCUT2D eigenvalue weighted by atomic mass is 9.91. The lowest BCUT2D eigenvalue weighted by Gasteiger charge is -2.44. The van der Waals surface area contributed by atoms with E-state index in [9.17, 15) is 14.7 Å². The molecule has 0 aromatic carbocycles. The SMILES string of the molecule is CCCCOC(=O)NC1C(C(=O)O)CCCN1C1CCCC1C. The largest absolute Gasteiger partial charge is 0.481 e. The van der Waals surface area contributed by atoms with Gasteiger partial charge >= 0.3 is 12.1 Å². The molecule has 1 aliphatic heterocycles. The second-order valence-corrected chi connectivity index (χ2v) is 6.88. The molecule has 4 atom stereocenters. The molecule has 0 aromatic rings. The molecule has 4 unspecified atom stereocenters. The number of carbonyl (C=O) groups is 2. The van der Waals surface area contributed by atoms with Crippen LogP contribution in [0.2, 0.25) is 0 Å². The molecular formula is C17H30N2O4. The summed E-state index contributed by atoms with van der Waals surface area (Å²) in [5, 5.41) is 12.4. The first kappa shape index (κ1) is 18.0. The van der Waals surface area contributed by atoms with E-state index in [-0.39, 0.29) is 0 Å². The normalized spacial score (nSPS) is 31.7. The Labute approximate surface area is 138 Å². The van der Waals surface area contributed by atoms with Gasteiger partial charge in [0.2, 0.25) is 0 Å². The van der Waals surface area contributed by atoms with Crippen molar-refractivity contribution in [2.24, 2.45) is 11.8 Å². The van der Waals surface area contributed by atoms with Gasteiger partial charge in [0.15, 0.2) is 0 Å². The van der Waals surface area contributed by atoms with Gasteiger partial charge < -0.3 is 15.2 Å². The van der Waals surface area contributed by atoms with Gasteiger partial charge in [-0.2, -0.15) is 0 Å². The van der Waals surface area contributed by atoms with Gasteiger partial charge in [-0.3, -0.25) is 9.69 Å². The van der Waals surface area contributed by atoms with Gasteiger partial charge in [-0.15, -0.1) is 0 Å². The van der Waals surface area contributed by atoms with E-state index in [2.05, 4.69) is 17.1 Å². The van der Waals surface area contributed by atoms with Crippen LogP contribution in [0.5, 0.6) is 0 Å². The maximum Gasteiger partial charge on any atom is 0.408 e. The highest BCUT2D eigenvalue weighted by Crippen LogP contribution is 2.34. The summed E-state index contributed by atoms with van der Waals surface area (Å²) in [5.41, 5.74) is 0. The van der Waals surface area contributed by atoms with Crippen molar-refractivity contribution in [1.82, 2.24) is 10.2 Å². The van der Waals surface area contributed by atoms with E-state index < -0.39 is 24.1 Å². The quantitative estimate of drug-likeness (QED) is 0.734. The summed E-state index contributed by atoms with van der Waals surface area (Å²) in [7, 11) is 0. The molecule has 2 fully saturated rings. The zero-order valence-corrected chi connectivity index (χ0v) is 14.3. The number of piperidine rings is 1. The first-order valence-corrected chi connectivity index (χ1v) is 8.96. The minimum atomic E-state index is -0.834. The zero-order chi connectivity index (χ0) is 16.8. The van der Waals surface area contributed by atoms with Gasteiger partial charge in [0.25, 0.3) is 0 Å². The van der Waals surface area contributed by atoms with Crippen LogP contribution in [0.1, 0.15) is 58.8 Å². The van der Waals surface area contributed by atoms with Crippen molar-refractivity contribution in [3.63, 3.8) is 0 Å². The number of likely N-dealkylation sites (tertiary alicyclic amines) is 1. The molecule has 1 aliphatic carbocycles. The van der Waals surface area contributed by atoms with Crippen LogP contribution in [0.15, 0.2) is 0 Å². The van der Waals surface area contributed by atoms with Gasteiger partial charge in [-0.05, 0) is 38.0 Å². The van der Waals surface area contributed by atoms with Crippen molar-refractivity contribution in [1.29, 1.82) is 0 Å². The molecule has 0 spiro atoms. The Morgan fingerprint density at radius 3 is 2.65 bits per heavy atom. The number of hydrogen-bond donors (Lipinski definition) is 2. The number of rotatable bonds is 6. The Balaban J connectivity index is 2.05. The van der Waals surface area contributed by atoms with Crippen LogP contribution >= 0.6 is 0 Å². The lowest BCUT2D eigenvalue weighted by Crippen LogP contribution is -2.60. The fourth-order valence-corrected chi connectivity index (χ4v) is 3.93. The van der Waals surface area contributed by atoms with E-state index in [1.165, 1.54) is 12.8 Å². The number of unbranched alkanes of at least 4 members (excludes halogenated alkanes) is 1. The number of nitrogens with one attached hydrogen (secondary N) is 1. The number of carbonyl (C=O) groups excluding carboxylic acids is 1. The van der Waals surface area contributed by atoms with E-state index >= 15 is 0 Å². The van der Waals surface area contributed by atoms with Gasteiger partial charge in [-0.25, -0.2) is 4.79 Å². The van der Waals surface area contributed by atoms with Gasteiger partial charge in [0, 0.05) is 12.6 Å². The number of carboxylic acids is 1. The minimum absolute atomic E-state index is 0.359. The fraction of sp³-hybridized carbons (Fsp3) is 0.882. The molecule has 0 radical (unpaired) electrons. The summed E-state index contributed by atoms with van der Waals surface area (Å²) in [6.45, 7) is 5.48. The number of carboxylic acid groups (broad SMARTS) is 1. The van der Waals surface area contributed by atoms with Crippen molar-refractivity contribution in [2.75, 3.05) is 13.2 Å². The average Bonchev–Trinajstić information content (AvgIpc) is 2.93. The molecule has 6 heteroatoms. The van der Waals surface area contributed by atoms with E-state index in [4.69, 9.17) is 4.74 Å². The molecule has 2 N–H and O–H groups in total. The van der Waals surface area contributed by atoms with Crippen molar-refractivity contribution in [2.45, 2.75) is 71.0 Å². The molecule has 132 valence electrons. The molecule has 0 aromatic heterocycles. The Bertz CT molecular complexity index is 415. The fourth-order valence-electron chi connectivity index (χ4n) is 3.93. The van der Waals surface area contributed by atoms with Crippen LogP contribution in [0.25, 0.3) is 0 Å². The van der Waals surface area contributed by atoms with Crippen LogP contribution in [-0.2, 0) is 9.53 Å². The van der Waals surface area contributed by atoms with Crippen LogP contribution in [0.4, 0.5) is 4.79 Å². The molecule has 0 bridgehead atoms. The molecule has 1 saturated heterocycles. The summed E-state index contributed by atoms with van der Waals surface area (Å²) in [6.07, 6.45) is 5.73. The Hall–Kier alpha value is -1.30. The van der Waals surface area contributed by atoms with Gasteiger partial charge in [0.05, 0.1) is 18.7 Å². The van der Waals surface area contributed by atoms with E-state index in [1.54, 1.807) is 0 Å². The van der Waals surface area contributed by atoms with Crippen LogP contribution in [0, 0.1) is 11.8 Å². The summed E-state index contributed by atoms with van der Waals surface area (Å²) in [5.74, 6) is -0.850. The third kappa shape index (κ3) is 4.59. The molecule has 6 nitrogen and oxygen atoms in total. The predicted molar refractivity (Wildman–Crippen MR) is 87.0 cm³/mol. The lowest BCUT2D eigenvalue weighted by molar-refractivity contribution is -0.147.